The number of alkyl halides is 3. The molecule has 0 saturated carbocycles. The van der Waals surface area contributed by atoms with Gasteiger partial charge in [0.15, 0.2) is 0 Å². The Hall–Kier alpha value is -3.90. The normalized spacial score (nSPS) is 14.0. The van der Waals surface area contributed by atoms with Crippen LogP contribution < -0.4 is 14.8 Å². The molecule has 0 bridgehead atoms. The zero-order valence-corrected chi connectivity index (χ0v) is 19.3. The quantitative estimate of drug-likeness (QED) is 0.427. The van der Waals surface area contributed by atoms with Crippen LogP contribution in [0, 0.1) is 0 Å². The number of fused-ring (bicyclic) bond motifs is 1. The maximum Gasteiger partial charge on any atom is 0.423 e. The number of methoxy groups -OCH3 is 1. The van der Waals surface area contributed by atoms with Crippen molar-refractivity contribution in [2.24, 2.45) is 0 Å². The van der Waals surface area contributed by atoms with E-state index in [4.69, 9.17) is 14.6 Å². The Morgan fingerprint density at radius 1 is 1.22 bits per heavy atom. The van der Waals surface area contributed by atoms with Crippen molar-refractivity contribution in [3.05, 3.63) is 64.8 Å². The topological polar surface area (TPSA) is 117 Å². The SMILES string of the molecule is COc1cc(C[C@H](O)CO)ccc1Nc1ncc(C(F)(F)F)c(Oc2cccc3c2C(=O)N(C)C3)n1. The molecule has 1 aliphatic heterocycles. The van der Waals surface area contributed by atoms with Crippen molar-refractivity contribution < 1.29 is 37.7 Å². The molecule has 3 aromatic rings. The lowest BCUT2D eigenvalue weighted by molar-refractivity contribution is -0.139. The van der Waals surface area contributed by atoms with E-state index in [-0.39, 0.29) is 29.6 Å². The van der Waals surface area contributed by atoms with Gasteiger partial charge in [-0.25, -0.2) is 4.98 Å². The van der Waals surface area contributed by atoms with Gasteiger partial charge < -0.3 is 29.9 Å². The van der Waals surface area contributed by atoms with Crippen LogP contribution in [0.15, 0.2) is 42.6 Å². The highest BCUT2D eigenvalue weighted by atomic mass is 19.4. The molecule has 1 aromatic heterocycles. The van der Waals surface area contributed by atoms with Gasteiger partial charge in [0.2, 0.25) is 11.8 Å². The van der Waals surface area contributed by atoms with Crippen molar-refractivity contribution in [1.82, 2.24) is 14.9 Å². The van der Waals surface area contributed by atoms with E-state index in [1.807, 2.05) is 0 Å². The predicted molar refractivity (Wildman–Crippen MR) is 122 cm³/mol. The molecule has 0 aliphatic carbocycles. The minimum absolute atomic E-state index is 0.0404. The van der Waals surface area contributed by atoms with Gasteiger partial charge in [-0.05, 0) is 29.3 Å². The average molecular weight is 504 g/mol. The Bertz CT molecular complexity index is 1290. The number of carbonyl (C=O) groups excluding carboxylic acids is 1. The zero-order chi connectivity index (χ0) is 26.0. The molecule has 12 heteroatoms. The molecule has 2 heterocycles. The second-order valence-corrected chi connectivity index (χ2v) is 8.16. The fraction of sp³-hybridized carbons (Fsp3) is 0.292. The van der Waals surface area contributed by atoms with Crippen LogP contribution in [0.2, 0.25) is 0 Å². The van der Waals surface area contributed by atoms with E-state index < -0.39 is 30.3 Å². The number of hydrogen-bond acceptors (Lipinski definition) is 8. The molecule has 1 atom stereocenters. The van der Waals surface area contributed by atoms with Crippen molar-refractivity contribution in [2.45, 2.75) is 25.2 Å². The van der Waals surface area contributed by atoms with Gasteiger partial charge in [-0.3, -0.25) is 4.79 Å². The van der Waals surface area contributed by atoms with E-state index in [2.05, 4.69) is 15.3 Å². The van der Waals surface area contributed by atoms with Gasteiger partial charge in [0.1, 0.15) is 17.1 Å². The van der Waals surface area contributed by atoms with Gasteiger partial charge >= 0.3 is 6.18 Å². The minimum Gasteiger partial charge on any atom is -0.495 e. The van der Waals surface area contributed by atoms with Gasteiger partial charge in [0.05, 0.1) is 31.1 Å². The first-order chi connectivity index (χ1) is 17.1. The number of halogens is 3. The summed E-state index contributed by atoms with van der Waals surface area (Å²) in [5.41, 5.74) is 0.636. The van der Waals surface area contributed by atoms with Crippen LogP contribution in [0.5, 0.6) is 17.4 Å². The summed E-state index contributed by atoms with van der Waals surface area (Å²) in [7, 11) is 2.99. The highest BCUT2D eigenvalue weighted by Crippen LogP contribution is 2.40. The van der Waals surface area contributed by atoms with Crippen LogP contribution >= 0.6 is 0 Å². The first-order valence-corrected chi connectivity index (χ1v) is 10.8. The summed E-state index contributed by atoms with van der Waals surface area (Å²) in [6, 6.07) is 9.55. The van der Waals surface area contributed by atoms with Crippen molar-refractivity contribution >= 4 is 17.5 Å². The molecule has 2 aromatic carbocycles. The van der Waals surface area contributed by atoms with E-state index >= 15 is 0 Å². The van der Waals surface area contributed by atoms with Crippen molar-refractivity contribution in [3.63, 3.8) is 0 Å². The minimum atomic E-state index is -4.81. The molecule has 1 amide bonds. The van der Waals surface area contributed by atoms with Crippen LogP contribution in [-0.4, -0.2) is 57.9 Å². The van der Waals surface area contributed by atoms with Crippen LogP contribution in [0.4, 0.5) is 24.8 Å². The number of ether oxygens (including phenoxy) is 2. The molecule has 3 N–H and O–H groups in total. The number of benzene rings is 2. The van der Waals surface area contributed by atoms with Crippen molar-refractivity contribution in [1.29, 1.82) is 0 Å². The fourth-order valence-corrected chi connectivity index (χ4v) is 3.78. The molecule has 0 saturated heterocycles. The highest BCUT2D eigenvalue weighted by Gasteiger charge is 2.37. The first-order valence-electron chi connectivity index (χ1n) is 10.8. The molecule has 0 spiro atoms. The molecule has 1 aliphatic rings. The molecule has 190 valence electrons. The summed E-state index contributed by atoms with van der Waals surface area (Å²) in [6.07, 6.45) is -4.98. The predicted octanol–water partition coefficient (Wildman–Crippen LogP) is 3.52. The number of aliphatic hydroxyl groups is 2. The summed E-state index contributed by atoms with van der Waals surface area (Å²) in [5, 5.41) is 21.5. The van der Waals surface area contributed by atoms with E-state index in [1.165, 1.54) is 18.1 Å². The van der Waals surface area contributed by atoms with Crippen LogP contribution in [0.25, 0.3) is 0 Å². The van der Waals surface area contributed by atoms with Crippen molar-refractivity contribution in [2.75, 3.05) is 26.1 Å². The Morgan fingerprint density at radius 2 is 2.00 bits per heavy atom. The number of anilines is 2. The Morgan fingerprint density at radius 3 is 2.69 bits per heavy atom. The lowest BCUT2D eigenvalue weighted by atomic mass is 10.1. The zero-order valence-electron chi connectivity index (χ0n) is 19.3. The Kier molecular flexibility index (Phi) is 7.00. The number of carbonyl (C=O) groups is 1. The van der Waals surface area contributed by atoms with Crippen molar-refractivity contribution in [3.8, 4) is 17.4 Å². The highest BCUT2D eigenvalue weighted by molar-refractivity contribution is 6.00. The number of aromatic nitrogens is 2. The van der Waals surface area contributed by atoms with Crippen LogP contribution in [0.3, 0.4) is 0 Å². The maximum atomic E-state index is 13.7. The standard InChI is InChI=1S/C24H23F3N4O5/c1-31-11-14-4-3-5-18(20(14)22(31)34)36-21-16(24(25,26)27)10-28-23(30-21)29-17-7-6-13(8-15(33)12-32)9-19(17)35-2/h3-7,9-10,15,32-33H,8,11-12H2,1-2H3,(H,28,29,30)/t15-/m0/s1. The summed E-state index contributed by atoms with van der Waals surface area (Å²) in [5.74, 6) is -1.05. The lowest BCUT2D eigenvalue weighted by Crippen LogP contribution is -2.18. The van der Waals surface area contributed by atoms with Crippen LogP contribution in [-0.2, 0) is 19.1 Å². The van der Waals surface area contributed by atoms with Gasteiger partial charge in [-0.2, -0.15) is 18.2 Å². The fourth-order valence-electron chi connectivity index (χ4n) is 3.78. The Labute approximate surface area is 204 Å². The third-order valence-electron chi connectivity index (χ3n) is 5.54. The monoisotopic (exact) mass is 504 g/mol. The summed E-state index contributed by atoms with van der Waals surface area (Å²) in [4.78, 5) is 21.7. The number of rotatable bonds is 8. The largest absolute Gasteiger partial charge is 0.495 e. The van der Waals surface area contributed by atoms with Gasteiger partial charge in [0, 0.05) is 26.2 Å². The molecular formula is C24H23F3N4O5. The second-order valence-electron chi connectivity index (χ2n) is 8.16. The molecule has 0 radical (unpaired) electrons. The molecule has 0 fully saturated rings. The molecule has 4 rings (SSSR count). The Balaban J connectivity index is 1.67. The van der Waals surface area contributed by atoms with Gasteiger partial charge in [-0.15, -0.1) is 0 Å². The van der Waals surface area contributed by atoms with Gasteiger partial charge in [-0.1, -0.05) is 18.2 Å². The van der Waals surface area contributed by atoms with Crippen LogP contribution in [0.1, 0.15) is 27.0 Å². The van der Waals surface area contributed by atoms with Gasteiger partial charge in [0.25, 0.3) is 5.91 Å². The van der Waals surface area contributed by atoms with E-state index in [0.29, 0.717) is 35.3 Å². The number of amides is 1. The molecule has 9 nitrogen and oxygen atoms in total. The number of nitrogens with one attached hydrogen (secondary N) is 1. The second kappa shape index (κ2) is 9.99. The third-order valence-corrected chi connectivity index (χ3v) is 5.54. The molecule has 0 unspecified atom stereocenters. The molecule has 36 heavy (non-hydrogen) atoms. The summed E-state index contributed by atoms with van der Waals surface area (Å²) < 4.78 is 52.0. The smallest absolute Gasteiger partial charge is 0.423 e. The van der Waals surface area contributed by atoms with E-state index in [9.17, 15) is 23.1 Å². The number of aliphatic hydroxyl groups excluding tert-OH is 2. The summed E-state index contributed by atoms with van der Waals surface area (Å²) >= 11 is 0. The first kappa shape index (κ1) is 25.2. The van der Waals surface area contributed by atoms with E-state index in [0.717, 1.165) is 0 Å². The molecular weight excluding hydrogens is 481 g/mol. The van der Waals surface area contributed by atoms with E-state index in [1.54, 1.807) is 37.4 Å². The maximum absolute atomic E-state index is 13.7. The summed E-state index contributed by atoms with van der Waals surface area (Å²) in [6.45, 7) is -0.0871. The number of hydrogen-bond donors (Lipinski definition) is 3. The average Bonchev–Trinajstić information content (AvgIpc) is 3.13. The lowest BCUT2D eigenvalue weighted by Gasteiger charge is -2.16. The third kappa shape index (κ3) is 5.19. The number of nitrogens with zero attached hydrogens (tertiary/aromatic N) is 3.